The number of carbonyl (C=O) groups is 2. The summed E-state index contributed by atoms with van der Waals surface area (Å²) in [4.78, 5) is 21.6. The van der Waals surface area contributed by atoms with Crippen molar-refractivity contribution in [3.63, 3.8) is 0 Å². The first-order valence-electron chi connectivity index (χ1n) is 3.78. The second kappa shape index (κ2) is 6.02. The minimum atomic E-state index is -3.18. The molecule has 0 radical (unpaired) electrons. The molecule has 0 saturated heterocycles. The lowest BCUT2D eigenvalue weighted by molar-refractivity contribution is -0.141. The molecular weight excluding hydrogens is 228 g/mol. The lowest BCUT2D eigenvalue weighted by atomic mass is 10.2. The molecule has 7 heteroatoms. The van der Waals surface area contributed by atoms with E-state index in [1.54, 1.807) is 0 Å². The second-order valence-electron chi connectivity index (χ2n) is 2.58. The number of carbonyl (C=O) groups excluding carboxylic acids is 2. The fourth-order valence-corrected chi connectivity index (χ4v) is 2.11. The Labute approximate surface area is 86.5 Å². The van der Waals surface area contributed by atoms with E-state index in [0.29, 0.717) is 10.8 Å². The zero-order valence-corrected chi connectivity index (χ0v) is 9.61. The summed E-state index contributed by atoms with van der Waals surface area (Å²) in [5.41, 5.74) is 0. The predicted octanol–water partition coefficient (Wildman–Crippen LogP) is 0.201. The lowest BCUT2D eigenvalue weighted by Gasteiger charge is -1.98. The number of ether oxygens (including phenoxy) is 1. The minimum Gasteiger partial charge on any atom is -0.469 e. The Bertz CT molecular complexity index is 306. The fraction of sp³-hybridized carbons (Fsp3) is 0.714. The molecule has 0 rings (SSSR count). The molecular formula is C7H12O5S2. The number of esters is 1. The van der Waals surface area contributed by atoms with Crippen LogP contribution in [0.1, 0.15) is 12.8 Å². The molecule has 0 bridgehead atoms. The number of methoxy groups -OCH3 is 1. The fourth-order valence-electron chi connectivity index (χ4n) is 0.588. The van der Waals surface area contributed by atoms with Crippen molar-refractivity contribution in [3.8, 4) is 0 Å². The number of rotatable bonds is 6. The maximum Gasteiger partial charge on any atom is 0.305 e. The molecule has 0 aliphatic rings. The van der Waals surface area contributed by atoms with E-state index in [9.17, 15) is 18.0 Å². The van der Waals surface area contributed by atoms with Gasteiger partial charge in [0.2, 0.25) is 0 Å². The van der Waals surface area contributed by atoms with Crippen molar-refractivity contribution in [1.29, 1.82) is 0 Å². The summed E-state index contributed by atoms with van der Waals surface area (Å²) in [6.45, 7) is 0. The van der Waals surface area contributed by atoms with Gasteiger partial charge >= 0.3 is 5.97 Å². The van der Waals surface area contributed by atoms with Crippen LogP contribution in [0.5, 0.6) is 0 Å². The van der Waals surface area contributed by atoms with Gasteiger partial charge in [-0.2, -0.15) is 0 Å². The topological polar surface area (TPSA) is 77.5 Å². The third-order valence-corrected chi connectivity index (χ3v) is 3.78. The van der Waals surface area contributed by atoms with Crippen molar-refractivity contribution in [2.75, 3.05) is 19.1 Å². The Morgan fingerprint density at radius 3 is 2.29 bits per heavy atom. The van der Waals surface area contributed by atoms with Crippen molar-refractivity contribution in [2.45, 2.75) is 12.8 Å². The van der Waals surface area contributed by atoms with Crippen molar-refractivity contribution in [2.24, 2.45) is 0 Å². The molecule has 0 heterocycles. The van der Waals surface area contributed by atoms with Gasteiger partial charge in [-0.15, -0.1) is 0 Å². The highest BCUT2D eigenvalue weighted by Crippen LogP contribution is 2.10. The maximum atomic E-state index is 11.0. The van der Waals surface area contributed by atoms with Gasteiger partial charge in [0.15, 0.2) is 8.87 Å². The van der Waals surface area contributed by atoms with Crippen LogP contribution in [0.15, 0.2) is 0 Å². The molecule has 14 heavy (non-hydrogen) atoms. The van der Waals surface area contributed by atoms with Gasteiger partial charge in [0, 0.05) is 12.7 Å². The average Bonchev–Trinajstić information content (AvgIpc) is 2.09. The highest BCUT2D eigenvalue weighted by Gasteiger charge is 2.10. The van der Waals surface area contributed by atoms with Gasteiger partial charge < -0.3 is 4.74 Å². The molecule has 0 atom stereocenters. The smallest absolute Gasteiger partial charge is 0.305 e. The molecule has 0 aliphatic heterocycles. The summed E-state index contributed by atoms with van der Waals surface area (Å²) in [6.07, 6.45) is 1.06. The van der Waals surface area contributed by atoms with Crippen LogP contribution in [0.3, 0.4) is 0 Å². The summed E-state index contributed by atoms with van der Waals surface area (Å²) in [6, 6.07) is 0. The third kappa shape index (κ3) is 8.06. The van der Waals surface area contributed by atoms with Gasteiger partial charge in [-0.25, -0.2) is 8.42 Å². The van der Waals surface area contributed by atoms with E-state index in [2.05, 4.69) is 4.74 Å². The first-order chi connectivity index (χ1) is 6.35. The summed E-state index contributed by atoms with van der Waals surface area (Å²) >= 11 is 0. The molecule has 82 valence electrons. The first kappa shape index (κ1) is 13.4. The summed E-state index contributed by atoms with van der Waals surface area (Å²) in [7, 11) is -1.38. The summed E-state index contributed by atoms with van der Waals surface area (Å²) < 4.78 is 25.6. The van der Waals surface area contributed by atoms with Crippen LogP contribution in [0.4, 0.5) is 0 Å². The summed E-state index contributed by atoms with van der Waals surface area (Å²) in [5, 5.41) is 0. The van der Waals surface area contributed by atoms with Crippen molar-refractivity contribution >= 4 is 31.4 Å². The third-order valence-electron chi connectivity index (χ3n) is 1.27. The van der Waals surface area contributed by atoms with Crippen LogP contribution in [0.2, 0.25) is 0 Å². The molecule has 0 saturated carbocycles. The molecule has 0 aromatic carbocycles. The zero-order valence-electron chi connectivity index (χ0n) is 7.98. The molecule has 0 aromatic rings. The van der Waals surface area contributed by atoms with E-state index in [-0.39, 0.29) is 24.4 Å². The average molecular weight is 240 g/mol. The van der Waals surface area contributed by atoms with Gasteiger partial charge in [0.1, 0.15) is 5.78 Å². The molecule has 0 aliphatic carbocycles. The standard InChI is InChI=1S/C7H12O5S2/c1-12-7(9)4-3-6(8)5-13-14(2,10)11/h3-5H2,1-2H3. The molecule has 0 aromatic heterocycles. The Morgan fingerprint density at radius 2 is 1.86 bits per heavy atom. The van der Waals surface area contributed by atoms with E-state index in [1.807, 2.05) is 0 Å². The Hall–Kier alpha value is -0.560. The molecule has 0 spiro atoms. The molecule has 5 nitrogen and oxygen atoms in total. The van der Waals surface area contributed by atoms with E-state index in [4.69, 9.17) is 0 Å². The molecule has 0 unspecified atom stereocenters. The van der Waals surface area contributed by atoms with Gasteiger partial charge in [-0.3, -0.25) is 9.59 Å². The second-order valence-corrected chi connectivity index (χ2v) is 7.04. The lowest BCUT2D eigenvalue weighted by Crippen LogP contribution is -2.08. The number of ketones is 1. The maximum absolute atomic E-state index is 11.0. The monoisotopic (exact) mass is 240 g/mol. The van der Waals surface area contributed by atoms with Crippen LogP contribution in [-0.4, -0.2) is 39.3 Å². The van der Waals surface area contributed by atoms with Crippen LogP contribution >= 0.6 is 10.8 Å². The van der Waals surface area contributed by atoms with E-state index >= 15 is 0 Å². The molecule has 0 fully saturated rings. The zero-order chi connectivity index (χ0) is 11.2. The number of Topliss-reactive ketones (excluding diaryl/α,β-unsaturated/α-hetero) is 1. The van der Waals surface area contributed by atoms with E-state index in [0.717, 1.165) is 6.26 Å². The number of hydrogen-bond donors (Lipinski definition) is 0. The molecule has 0 amide bonds. The quantitative estimate of drug-likeness (QED) is 0.487. The molecule has 0 N–H and O–H groups in total. The first-order valence-corrected chi connectivity index (χ1v) is 7.17. The SMILES string of the molecule is COC(=O)CCC(=O)CSS(C)(=O)=O. The van der Waals surface area contributed by atoms with E-state index < -0.39 is 14.8 Å². The Kier molecular flexibility index (Phi) is 5.78. The Balaban J connectivity index is 3.73. The largest absolute Gasteiger partial charge is 0.469 e. The van der Waals surface area contributed by atoms with Crippen LogP contribution in [-0.2, 0) is 23.2 Å². The van der Waals surface area contributed by atoms with Crippen LogP contribution in [0.25, 0.3) is 0 Å². The van der Waals surface area contributed by atoms with Gasteiger partial charge in [-0.05, 0) is 10.8 Å². The summed E-state index contributed by atoms with van der Waals surface area (Å²) in [5.74, 6) is -0.857. The van der Waals surface area contributed by atoms with Crippen LogP contribution in [0, 0.1) is 0 Å². The van der Waals surface area contributed by atoms with E-state index in [1.165, 1.54) is 7.11 Å². The highest BCUT2D eigenvalue weighted by molar-refractivity contribution is 8.72. The van der Waals surface area contributed by atoms with Crippen molar-refractivity contribution in [3.05, 3.63) is 0 Å². The number of hydrogen-bond acceptors (Lipinski definition) is 6. The minimum absolute atomic E-state index is 0.000342. The van der Waals surface area contributed by atoms with Gasteiger partial charge in [-0.1, -0.05) is 0 Å². The Morgan fingerprint density at radius 1 is 1.29 bits per heavy atom. The van der Waals surface area contributed by atoms with Crippen molar-refractivity contribution < 1.29 is 22.7 Å². The normalized spacial score (nSPS) is 11.0. The van der Waals surface area contributed by atoms with Gasteiger partial charge in [0.05, 0.1) is 19.3 Å². The predicted molar refractivity (Wildman–Crippen MR) is 53.6 cm³/mol. The highest BCUT2D eigenvalue weighted by atomic mass is 33.1. The van der Waals surface area contributed by atoms with Gasteiger partial charge in [0.25, 0.3) is 0 Å². The van der Waals surface area contributed by atoms with Crippen molar-refractivity contribution in [1.82, 2.24) is 0 Å². The van der Waals surface area contributed by atoms with Crippen LogP contribution < -0.4 is 0 Å².